The maximum absolute atomic E-state index is 10.5. The Morgan fingerprint density at radius 2 is 2.24 bits per heavy atom. The van der Waals surface area contributed by atoms with E-state index in [9.17, 15) is 4.79 Å². The fourth-order valence-corrected chi connectivity index (χ4v) is 1.56. The number of nitrogens with zero attached hydrogens (tertiary/aromatic N) is 1. The monoisotopic (exact) mass is 229 g/mol. The summed E-state index contributed by atoms with van der Waals surface area (Å²) in [6.45, 7) is 3.30. The summed E-state index contributed by atoms with van der Waals surface area (Å²) in [4.78, 5) is 12.5. The third-order valence-electron chi connectivity index (χ3n) is 2.35. The van der Waals surface area contributed by atoms with E-state index in [0.717, 1.165) is 23.9 Å². The Labute approximate surface area is 101 Å². The van der Waals surface area contributed by atoms with Crippen LogP contribution in [0, 0.1) is 12.3 Å². The van der Waals surface area contributed by atoms with Crippen molar-refractivity contribution < 1.29 is 9.90 Å². The molecule has 0 amide bonds. The normalized spacial score (nSPS) is 10.1. The van der Waals surface area contributed by atoms with Crippen molar-refractivity contribution in [3.8, 4) is 12.3 Å². The quantitative estimate of drug-likeness (QED) is 0.622. The molecule has 0 aliphatic heterocycles. The van der Waals surface area contributed by atoms with E-state index in [1.54, 1.807) is 6.08 Å². The van der Waals surface area contributed by atoms with Gasteiger partial charge in [-0.25, -0.2) is 4.79 Å². The Morgan fingerprint density at radius 3 is 2.82 bits per heavy atom. The number of rotatable bonds is 5. The molecule has 3 nitrogen and oxygen atoms in total. The second-order valence-electron chi connectivity index (χ2n) is 3.45. The summed E-state index contributed by atoms with van der Waals surface area (Å²) in [7, 11) is 0. The molecule has 0 fully saturated rings. The maximum atomic E-state index is 10.5. The number of hydrogen-bond acceptors (Lipinski definition) is 2. The van der Waals surface area contributed by atoms with Crippen LogP contribution in [0.25, 0.3) is 6.08 Å². The number of para-hydroxylation sites is 1. The molecule has 0 aliphatic carbocycles. The minimum atomic E-state index is -0.959. The minimum absolute atomic E-state index is 0.508. The van der Waals surface area contributed by atoms with Gasteiger partial charge in [-0.05, 0) is 24.6 Å². The topological polar surface area (TPSA) is 40.5 Å². The van der Waals surface area contributed by atoms with Gasteiger partial charge in [0.25, 0.3) is 0 Å². The summed E-state index contributed by atoms with van der Waals surface area (Å²) in [5.74, 6) is 1.64. The van der Waals surface area contributed by atoms with Gasteiger partial charge in [0.1, 0.15) is 0 Å². The molecule has 0 heterocycles. The summed E-state index contributed by atoms with van der Waals surface area (Å²) < 4.78 is 0. The van der Waals surface area contributed by atoms with Crippen LogP contribution in [-0.2, 0) is 4.79 Å². The standard InChI is InChI=1S/C14H15NO2/c1-3-11-15(4-2)13-8-6-5-7-12(13)9-10-14(16)17/h1,5-10H,4,11H2,2H3,(H,16,17)/b10-9+. The van der Waals surface area contributed by atoms with Gasteiger partial charge in [0.05, 0.1) is 6.54 Å². The second-order valence-corrected chi connectivity index (χ2v) is 3.45. The van der Waals surface area contributed by atoms with Crippen molar-refractivity contribution in [1.82, 2.24) is 0 Å². The van der Waals surface area contributed by atoms with Crippen LogP contribution in [0.2, 0.25) is 0 Å². The largest absolute Gasteiger partial charge is 0.478 e. The second kappa shape index (κ2) is 6.39. The molecule has 0 radical (unpaired) electrons. The first-order valence-electron chi connectivity index (χ1n) is 5.37. The first kappa shape index (κ1) is 12.9. The Morgan fingerprint density at radius 1 is 1.53 bits per heavy atom. The van der Waals surface area contributed by atoms with Crippen LogP contribution in [0.1, 0.15) is 12.5 Å². The van der Waals surface area contributed by atoms with E-state index >= 15 is 0 Å². The highest BCUT2D eigenvalue weighted by molar-refractivity contribution is 5.87. The van der Waals surface area contributed by atoms with Crippen LogP contribution in [0.5, 0.6) is 0 Å². The SMILES string of the molecule is C#CCN(CC)c1ccccc1/C=C/C(=O)O. The van der Waals surface area contributed by atoms with Crippen LogP contribution in [0.3, 0.4) is 0 Å². The molecule has 0 aromatic heterocycles. The molecular formula is C14H15NO2. The van der Waals surface area contributed by atoms with Gasteiger partial charge in [-0.15, -0.1) is 6.42 Å². The van der Waals surface area contributed by atoms with E-state index < -0.39 is 5.97 Å². The highest BCUT2D eigenvalue weighted by Crippen LogP contribution is 2.21. The summed E-state index contributed by atoms with van der Waals surface area (Å²) >= 11 is 0. The molecule has 0 saturated heterocycles. The predicted molar refractivity (Wildman–Crippen MR) is 69.8 cm³/mol. The van der Waals surface area contributed by atoms with Crippen LogP contribution in [-0.4, -0.2) is 24.2 Å². The zero-order chi connectivity index (χ0) is 12.7. The van der Waals surface area contributed by atoms with Crippen molar-refractivity contribution in [3.63, 3.8) is 0 Å². The van der Waals surface area contributed by atoms with E-state index in [2.05, 4.69) is 5.92 Å². The number of carbonyl (C=O) groups is 1. The van der Waals surface area contributed by atoms with Gasteiger partial charge in [-0.3, -0.25) is 0 Å². The lowest BCUT2D eigenvalue weighted by Gasteiger charge is -2.22. The highest BCUT2D eigenvalue weighted by Gasteiger charge is 2.06. The van der Waals surface area contributed by atoms with Crippen LogP contribution in [0.4, 0.5) is 5.69 Å². The molecule has 0 spiro atoms. The fraction of sp³-hybridized carbons (Fsp3) is 0.214. The number of aliphatic carboxylic acids is 1. The average molecular weight is 229 g/mol. The minimum Gasteiger partial charge on any atom is -0.478 e. The van der Waals surface area contributed by atoms with Gasteiger partial charge in [0, 0.05) is 18.3 Å². The van der Waals surface area contributed by atoms with Gasteiger partial charge >= 0.3 is 5.97 Å². The summed E-state index contributed by atoms with van der Waals surface area (Å²) in [6, 6.07) is 7.58. The molecule has 0 bridgehead atoms. The maximum Gasteiger partial charge on any atom is 0.328 e. The van der Waals surface area contributed by atoms with E-state index in [1.165, 1.54) is 0 Å². The third kappa shape index (κ3) is 3.69. The van der Waals surface area contributed by atoms with E-state index in [4.69, 9.17) is 11.5 Å². The molecule has 0 aliphatic rings. The van der Waals surface area contributed by atoms with Gasteiger partial charge in [0.2, 0.25) is 0 Å². The van der Waals surface area contributed by atoms with E-state index in [0.29, 0.717) is 6.54 Å². The summed E-state index contributed by atoms with van der Waals surface area (Å²) in [5, 5.41) is 8.63. The fourth-order valence-electron chi connectivity index (χ4n) is 1.56. The molecule has 17 heavy (non-hydrogen) atoms. The van der Waals surface area contributed by atoms with Crippen molar-refractivity contribution >= 4 is 17.7 Å². The Hall–Kier alpha value is -2.21. The average Bonchev–Trinajstić information content (AvgIpc) is 2.34. The zero-order valence-electron chi connectivity index (χ0n) is 9.76. The molecular weight excluding hydrogens is 214 g/mol. The molecule has 0 unspecified atom stereocenters. The number of anilines is 1. The summed E-state index contributed by atoms with van der Waals surface area (Å²) in [5.41, 5.74) is 1.80. The van der Waals surface area contributed by atoms with Gasteiger partial charge in [-0.2, -0.15) is 0 Å². The van der Waals surface area contributed by atoms with Crippen molar-refractivity contribution in [2.24, 2.45) is 0 Å². The van der Waals surface area contributed by atoms with Crippen molar-refractivity contribution in [2.45, 2.75) is 6.92 Å². The van der Waals surface area contributed by atoms with Gasteiger partial charge in [-0.1, -0.05) is 24.1 Å². The number of hydrogen-bond donors (Lipinski definition) is 1. The Bertz CT molecular complexity index is 458. The number of terminal acetylenes is 1. The molecule has 3 heteroatoms. The molecule has 1 aromatic rings. The molecule has 88 valence electrons. The lowest BCUT2D eigenvalue weighted by molar-refractivity contribution is -0.131. The van der Waals surface area contributed by atoms with Gasteiger partial charge < -0.3 is 10.0 Å². The predicted octanol–water partition coefficient (Wildman–Crippen LogP) is 2.24. The zero-order valence-corrected chi connectivity index (χ0v) is 9.76. The number of benzene rings is 1. The van der Waals surface area contributed by atoms with Crippen molar-refractivity contribution in [3.05, 3.63) is 35.9 Å². The van der Waals surface area contributed by atoms with Crippen LogP contribution >= 0.6 is 0 Å². The van der Waals surface area contributed by atoms with Crippen molar-refractivity contribution in [1.29, 1.82) is 0 Å². The smallest absolute Gasteiger partial charge is 0.328 e. The number of carboxylic acids is 1. The van der Waals surface area contributed by atoms with Crippen LogP contribution < -0.4 is 4.90 Å². The van der Waals surface area contributed by atoms with Crippen molar-refractivity contribution in [2.75, 3.05) is 18.0 Å². The summed E-state index contributed by atoms with van der Waals surface area (Å²) in [6.07, 6.45) is 8.02. The van der Waals surface area contributed by atoms with E-state index in [1.807, 2.05) is 36.1 Å². The third-order valence-corrected chi connectivity index (χ3v) is 2.35. The lowest BCUT2D eigenvalue weighted by Crippen LogP contribution is -2.23. The number of carboxylic acid groups (broad SMARTS) is 1. The first-order valence-corrected chi connectivity index (χ1v) is 5.37. The highest BCUT2D eigenvalue weighted by atomic mass is 16.4. The van der Waals surface area contributed by atoms with Crippen LogP contribution in [0.15, 0.2) is 30.3 Å². The van der Waals surface area contributed by atoms with Gasteiger partial charge in [0.15, 0.2) is 0 Å². The molecule has 1 N–H and O–H groups in total. The molecule has 0 saturated carbocycles. The molecule has 0 atom stereocenters. The lowest BCUT2D eigenvalue weighted by atomic mass is 10.1. The molecule has 1 aromatic carbocycles. The van der Waals surface area contributed by atoms with E-state index in [-0.39, 0.29) is 0 Å². The Kier molecular flexibility index (Phi) is 4.83. The first-order chi connectivity index (χ1) is 8.19. The Balaban J connectivity index is 3.06. The molecule has 1 rings (SSSR count).